The molecule has 1 atom stereocenters. The first-order chi connectivity index (χ1) is 6.05. The average molecular weight is 185 g/mol. The lowest BCUT2D eigenvalue weighted by Gasteiger charge is -2.42. The normalized spacial score (nSPS) is 47.2. The molecule has 4 nitrogen and oxygen atoms in total. The summed E-state index contributed by atoms with van der Waals surface area (Å²) in [5.74, 6) is -0.285. The maximum absolute atomic E-state index is 11.4. The quantitative estimate of drug-likeness (QED) is 0.618. The van der Waals surface area contributed by atoms with E-state index in [-0.39, 0.29) is 17.0 Å². The largest absolute Gasteiger partial charge is 0.467 e. The van der Waals surface area contributed by atoms with Crippen LogP contribution in [0.3, 0.4) is 0 Å². The number of nitrogens with two attached hydrogens (primary N) is 1. The molecular formula is C9H15NO3. The number of rotatable bonds is 2. The third-order valence-electron chi connectivity index (χ3n) is 3.23. The monoisotopic (exact) mass is 185 g/mol. The van der Waals surface area contributed by atoms with E-state index in [9.17, 15) is 4.79 Å². The van der Waals surface area contributed by atoms with Gasteiger partial charge in [0.1, 0.15) is 0 Å². The van der Waals surface area contributed by atoms with Crippen LogP contribution in [0.1, 0.15) is 19.8 Å². The van der Waals surface area contributed by atoms with Crippen LogP contribution >= 0.6 is 0 Å². The first-order valence-corrected chi connectivity index (χ1v) is 4.51. The van der Waals surface area contributed by atoms with E-state index in [1.165, 1.54) is 7.11 Å². The van der Waals surface area contributed by atoms with Crippen molar-refractivity contribution in [2.75, 3.05) is 13.7 Å². The van der Waals surface area contributed by atoms with Gasteiger partial charge in [-0.3, -0.25) is 0 Å². The molecule has 0 spiro atoms. The third-order valence-corrected chi connectivity index (χ3v) is 3.23. The van der Waals surface area contributed by atoms with Crippen LogP contribution in [0.2, 0.25) is 0 Å². The molecule has 2 saturated heterocycles. The first kappa shape index (κ1) is 8.97. The van der Waals surface area contributed by atoms with Gasteiger partial charge in [-0.2, -0.15) is 0 Å². The lowest BCUT2D eigenvalue weighted by molar-refractivity contribution is -0.154. The van der Waals surface area contributed by atoms with E-state index < -0.39 is 6.10 Å². The van der Waals surface area contributed by atoms with Gasteiger partial charge in [0, 0.05) is 12.0 Å². The van der Waals surface area contributed by atoms with Gasteiger partial charge in [-0.1, -0.05) is 0 Å². The lowest BCUT2D eigenvalue weighted by Crippen LogP contribution is -2.49. The minimum atomic E-state index is -0.438. The van der Waals surface area contributed by atoms with Crippen molar-refractivity contribution in [1.29, 1.82) is 0 Å². The van der Waals surface area contributed by atoms with Crippen LogP contribution in [0.25, 0.3) is 0 Å². The van der Waals surface area contributed by atoms with E-state index >= 15 is 0 Å². The number of esters is 1. The molecule has 1 aliphatic carbocycles. The summed E-state index contributed by atoms with van der Waals surface area (Å²) < 4.78 is 10.3. The van der Waals surface area contributed by atoms with Gasteiger partial charge in [0.25, 0.3) is 0 Å². The Morgan fingerprint density at radius 2 is 2.31 bits per heavy atom. The summed E-state index contributed by atoms with van der Waals surface area (Å²) in [7, 11) is 1.38. The molecule has 2 N–H and O–H groups in total. The number of methoxy groups -OCH3 is 1. The van der Waals surface area contributed by atoms with Crippen molar-refractivity contribution in [2.45, 2.75) is 31.5 Å². The zero-order valence-corrected chi connectivity index (χ0v) is 8.00. The fourth-order valence-electron chi connectivity index (χ4n) is 2.77. The molecule has 2 bridgehead atoms. The van der Waals surface area contributed by atoms with Crippen LogP contribution in [0.15, 0.2) is 0 Å². The van der Waals surface area contributed by atoms with Crippen molar-refractivity contribution >= 4 is 5.97 Å². The Hall–Kier alpha value is -0.610. The van der Waals surface area contributed by atoms with E-state index in [0.29, 0.717) is 6.54 Å². The lowest BCUT2D eigenvalue weighted by atomic mass is 9.61. The maximum Gasteiger partial charge on any atom is 0.335 e. The standard InChI is InChI=1S/C9H15NO3/c1-8-3-9(4-8,5-10)6(13-8)7(11)12-2/h6H,3-5,10H2,1-2H3. The molecule has 0 aromatic rings. The highest BCUT2D eigenvalue weighted by Gasteiger charge is 2.67. The molecule has 1 saturated carbocycles. The highest BCUT2D eigenvalue weighted by atomic mass is 16.6. The predicted octanol–water partition coefficient (Wildman–Crippen LogP) is 0.0558. The van der Waals surface area contributed by atoms with Gasteiger partial charge < -0.3 is 15.2 Å². The smallest absolute Gasteiger partial charge is 0.335 e. The van der Waals surface area contributed by atoms with E-state index in [4.69, 9.17) is 10.5 Å². The SMILES string of the molecule is COC(=O)C1OC2(C)CC1(CN)C2. The van der Waals surface area contributed by atoms with Crippen LogP contribution in [0, 0.1) is 5.41 Å². The highest BCUT2D eigenvalue weighted by molar-refractivity contribution is 5.77. The molecule has 0 radical (unpaired) electrons. The summed E-state index contributed by atoms with van der Waals surface area (Å²) in [5.41, 5.74) is 5.40. The van der Waals surface area contributed by atoms with Crippen LogP contribution < -0.4 is 5.73 Å². The molecular weight excluding hydrogens is 170 g/mol. The van der Waals surface area contributed by atoms with Gasteiger partial charge >= 0.3 is 5.97 Å². The predicted molar refractivity (Wildman–Crippen MR) is 46.0 cm³/mol. The van der Waals surface area contributed by atoms with Gasteiger partial charge in [0.15, 0.2) is 6.10 Å². The Labute approximate surface area is 77.4 Å². The number of carbonyl (C=O) groups is 1. The van der Waals surface area contributed by atoms with Crippen molar-refractivity contribution < 1.29 is 14.3 Å². The minimum Gasteiger partial charge on any atom is -0.467 e. The Balaban J connectivity index is 2.18. The highest BCUT2D eigenvalue weighted by Crippen LogP contribution is 2.60. The van der Waals surface area contributed by atoms with Gasteiger partial charge in [0.2, 0.25) is 0 Å². The Kier molecular flexibility index (Phi) is 1.69. The van der Waals surface area contributed by atoms with Gasteiger partial charge in [0.05, 0.1) is 12.7 Å². The van der Waals surface area contributed by atoms with Gasteiger partial charge in [-0.15, -0.1) is 0 Å². The molecule has 3 aliphatic rings. The minimum absolute atomic E-state index is 0.127. The number of carbonyl (C=O) groups excluding carboxylic acids is 1. The summed E-state index contributed by atoms with van der Waals surface area (Å²) in [5, 5.41) is 0. The van der Waals surface area contributed by atoms with Gasteiger partial charge in [-0.05, 0) is 19.8 Å². The topological polar surface area (TPSA) is 61.5 Å². The first-order valence-electron chi connectivity index (χ1n) is 4.51. The van der Waals surface area contributed by atoms with E-state index in [2.05, 4.69) is 4.74 Å². The number of hydrogen-bond donors (Lipinski definition) is 1. The molecule has 0 aromatic carbocycles. The molecule has 2 heterocycles. The Bertz CT molecular complexity index is 245. The molecule has 3 fully saturated rings. The second-order valence-electron chi connectivity index (χ2n) is 4.39. The molecule has 13 heavy (non-hydrogen) atoms. The second-order valence-corrected chi connectivity index (χ2v) is 4.39. The van der Waals surface area contributed by atoms with Crippen LogP contribution in [0.5, 0.6) is 0 Å². The maximum atomic E-state index is 11.4. The van der Waals surface area contributed by atoms with E-state index in [1.54, 1.807) is 0 Å². The summed E-state index contributed by atoms with van der Waals surface area (Å²) in [6, 6.07) is 0. The average Bonchev–Trinajstić information content (AvgIpc) is 2.52. The fraction of sp³-hybridized carbons (Fsp3) is 0.889. The van der Waals surface area contributed by atoms with Crippen molar-refractivity contribution in [2.24, 2.45) is 11.1 Å². The van der Waals surface area contributed by atoms with Gasteiger partial charge in [-0.25, -0.2) is 4.79 Å². The Morgan fingerprint density at radius 1 is 1.69 bits per heavy atom. The van der Waals surface area contributed by atoms with Crippen molar-refractivity contribution in [3.63, 3.8) is 0 Å². The molecule has 4 heteroatoms. The van der Waals surface area contributed by atoms with Crippen molar-refractivity contribution in [1.82, 2.24) is 0 Å². The fourth-order valence-corrected chi connectivity index (χ4v) is 2.77. The van der Waals surface area contributed by atoms with E-state index in [1.807, 2.05) is 6.92 Å². The van der Waals surface area contributed by atoms with Crippen LogP contribution in [0.4, 0.5) is 0 Å². The summed E-state index contributed by atoms with van der Waals surface area (Å²) in [6.45, 7) is 2.52. The molecule has 0 amide bonds. The molecule has 3 rings (SSSR count). The van der Waals surface area contributed by atoms with Crippen molar-refractivity contribution in [3.8, 4) is 0 Å². The molecule has 0 aromatic heterocycles. The summed E-state index contributed by atoms with van der Waals surface area (Å²) >= 11 is 0. The molecule has 1 unspecified atom stereocenters. The number of ether oxygens (including phenoxy) is 2. The third kappa shape index (κ3) is 1.02. The van der Waals surface area contributed by atoms with Crippen molar-refractivity contribution in [3.05, 3.63) is 0 Å². The molecule has 74 valence electrons. The van der Waals surface area contributed by atoms with Crippen LogP contribution in [-0.2, 0) is 14.3 Å². The number of fused-ring (bicyclic) bond motifs is 1. The zero-order chi connectivity index (χ0) is 9.69. The summed E-state index contributed by atoms with van der Waals surface area (Å²) in [6.07, 6.45) is 1.33. The second kappa shape index (κ2) is 2.45. The van der Waals surface area contributed by atoms with Crippen LogP contribution in [-0.4, -0.2) is 31.3 Å². The summed E-state index contributed by atoms with van der Waals surface area (Å²) in [4.78, 5) is 11.4. The van der Waals surface area contributed by atoms with E-state index in [0.717, 1.165) is 12.8 Å². The zero-order valence-electron chi connectivity index (χ0n) is 8.00. The number of hydrogen-bond acceptors (Lipinski definition) is 4. The molecule has 2 aliphatic heterocycles. The Morgan fingerprint density at radius 3 is 2.77 bits per heavy atom.